The minimum atomic E-state index is -3.17. The number of sulfonamides is 1. The summed E-state index contributed by atoms with van der Waals surface area (Å²) in [4.78, 5) is 18.0. The first-order chi connectivity index (χ1) is 12.2. The van der Waals surface area contributed by atoms with Gasteiger partial charge in [0.2, 0.25) is 15.9 Å². The third-order valence-corrected chi connectivity index (χ3v) is 5.64. The van der Waals surface area contributed by atoms with Gasteiger partial charge in [0.15, 0.2) is 11.5 Å². The van der Waals surface area contributed by atoms with Gasteiger partial charge in [0.05, 0.1) is 6.26 Å². The van der Waals surface area contributed by atoms with Crippen molar-refractivity contribution in [2.45, 2.75) is 32.2 Å². The zero-order valence-electron chi connectivity index (χ0n) is 14.9. The number of carbonyl (C=O) groups excluding carboxylic acids is 1. The molecule has 1 fully saturated rings. The molecule has 0 atom stereocenters. The summed E-state index contributed by atoms with van der Waals surface area (Å²) in [5.74, 6) is 1.17. The first kappa shape index (κ1) is 18.5. The molecule has 0 aliphatic carbocycles. The van der Waals surface area contributed by atoms with Gasteiger partial charge in [0.25, 0.3) is 5.91 Å². The molecule has 0 saturated carbocycles. The highest BCUT2D eigenvalue weighted by molar-refractivity contribution is 7.88. The standard InChI is InChI=1S/C15H21N5O5S/c1-10-8-12(17-24-10)15(21)19(2)9-13-16-14(18-25-13)11-4-6-20(7-5-11)26(3,22)23/h8,11H,4-7,9H2,1-3H3. The van der Waals surface area contributed by atoms with E-state index in [1.54, 1.807) is 20.0 Å². The lowest BCUT2D eigenvalue weighted by molar-refractivity contribution is 0.0759. The Kier molecular flexibility index (Phi) is 5.10. The molecular formula is C15H21N5O5S. The average Bonchev–Trinajstić information content (AvgIpc) is 3.22. The predicted octanol–water partition coefficient (Wildman–Crippen LogP) is 0.777. The Labute approximate surface area is 151 Å². The minimum Gasteiger partial charge on any atom is -0.361 e. The van der Waals surface area contributed by atoms with Crippen molar-refractivity contribution in [1.29, 1.82) is 0 Å². The van der Waals surface area contributed by atoms with Gasteiger partial charge >= 0.3 is 0 Å². The Morgan fingerprint density at radius 3 is 2.58 bits per heavy atom. The highest BCUT2D eigenvalue weighted by Gasteiger charge is 2.29. The van der Waals surface area contributed by atoms with Crippen LogP contribution in [-0.4, -0.2) is 65.2 Å². The van der Waals surface area contributed by atoms with Gasteiger partial charge in [0.1, 0.15) is 12.3 Å². The lowest BCUT2D eigenvalue weighted by Gasteiger charge is -2.28. The van der Waals surface area contributed by atoms with Crippen molar-refractivity contribution in [1.82, 2.24) is 24.5 Å². The topological polar surface area (TPSA) is 123 Å². The maximum atomic E-state index is 12.3. The van der Waals surface area contributed by atoms with Crippen molar-refractivity contribution in [2.75, 3.05) is 26.4 Å². The smallest absolute Gasteiger partial charge is 0.276 e. The molecule has 2 aromatic heterocycles. The predicted molar refractivity (Wildman–Crippen MR) is 89.7 cm³/mol. The summed E-state index contributed by atoms with van der Waals surface area (Å²) in [5.41, 5.74) is 0.220. The molecule has 1 aliphatic heterocycles. The molecule has 11 heteroatoms. The molecule has 0 aromatic carbocycles. The average molecular weight is 383 g/mol. The fraction of sp³-hybridized carbons (Fsp3) is 0.600. The van der Waals surface area contributed by atoms with E-state index in [-0.39, 0.29) is 24.1 Å². The van der Waals surface area contributed by atoms with Crippen LogP contribution in [0.4, 0.5) is 0 Å². The Balaban J connectivity index is 1.59. The van der Waals surface area contributed by atoms with E-state index < -0.39 is 10.0 Å². The second kappa shape index (κ2) is 7.16. The molecule has 3 rings (SSSR count). The van der Waals surface area contributed by atoms with Crippen LogP contribution < -0.4 is 0 Å². The molecule has 3 heterocycles. The van der Waals surface area contributed by atoms with E-state index in [1.807, 2.05) is 0 Å². The fourth-order valence-electron chi connectivity index (χ4n) is 2.88. The summed E-state index contributed by atoms with van der Waals surface area (Å²) in [7, 11) is -1.55. The van der Waals surface area contributed by atoms with Gasteiger partial charge in [-0.1, -0.05) is 10.3 Å². The van der Waals surface area contributed by atoms with Crippen LogP contribution in [0.25, 0.3) is 0 Å². The molecule has 0 radical (unpaired) electrons. The van der Waals surface area contributed by atoms with Crippen molar-refractivity contribution in [2.24, 2.45) is 0 Å². The van der Waals surface area contributed by atoms with Gasteiger partial charge in [-0.25, -0.2) is 12.7 Å². The number of rotatable bonds is 5. The molecule has 26 heavy (non-hydrogen) atoms. The second-order valence-electron chi connectivity index (χ2n) is 6.47. The first-order valence-corrected chi connectivity index (χ1v) is 10.0. The number of aryl methyl sites for hydroxylation is 1. The molecular weight excluding hydrogens is 362 g/mol. The van der Waals surface area contributed by atoms with E-state index in [1.165, 1.54) is 15.5 Å². The quantitative estimate of drug-likeness (QED) is 0.742. The maximum Gasteiger partial charge on any atom is 0.276 e. The van der Waals surface area contributed by atoms with Crippen LogP contribution in [0.3, 0.4) is 0 Å². The molecule has 1 saturated heterocycles. The van der Waals surface area contributed by atoms with Gasteiger partial charge in [-0.05, 0) is 19.8 Å². The van der Waals surface area contributed by atoms with Gasteiger partial charge in [-0.15, -0.1) is 0 Å². The molecule has 0 unspecified atom stereocenters. The number of hydrogen-bond donors (Lipinski definition) is 0. The lowest BCUT2D eigenvalue weighted by Crippen LogP contribution is -2.37. The first-order valence-electron chi connectivity index (χ1n) is 8.20. The number of carbonyl (C=O) groups is 1. The SMILES string of the molecule is Cc1cc(C(=O)N(C)Cc2nc(C3CCN(S(C)(=O)=O)CC3)no2)no1. The van der Waals surface area contributed by atoms with E-state index in [9.17, 15) is 13.2 Å². The fourth-order valence-corrected chi connectivity index (χ4v) is 3.76. The van der Waals surface area contributed by atoms with Crippen LogP contribution in [0.1, 0.15) is 46.7 Å². The van der Waals surface area contributed by atoms with Crippen LogP contribution in [0.2, 0.25) is 0 Å². The number of hydrogen-bond acceptors (Lipinski definition) is 8. The molecule has 2 aromatic rings. The van der Waals surface area contributed by atoms with Crippen molar-refractivity contribution >= 4 is 15.9 Å². The molecule has 0 spiro atoms. The molecule has 1 amide bonds. The Morgan fingerprint density at radius 2 is 2.00 bits per heavy atom. The monoisotopic (exact) mass is 383 g/mol. The third-order valence-electron chi connectivity index (χ3n) is 4.34. The molecule has 1 aliphatic rings. The van der Waals surface area contributed by atoms with Crippen molar-refractivity contribution in [3.05, 3.63) is 29.2 Å². The Bertz CT molecular complexity index is 882. The number of amides is 1. The highest BCUT2D eigenvalue weighted by Crippen LogP contribution is 2.27. The summed E-state index contributed by atoms with van der Waals surface area (Å²) >= 11 is 0. The van der Waals surface area contributed by atoms with Gasteiger partial charge in [-0.3, -0.25) is 4.79 Å². The van der Waals surface area contributed by atoms with E-state index in [2.05, 4.69) is 15.3 Å². The molecule has 10 nitrogen and oxygen atoms in total. The number of nitrogens with zero attached hydrogens (tertiary/aromatic N) is 5. The van der Waals surface area contributed by atoms with Gasteiger partial charge in [-0.2, -0.15) is 4.98 Å². The summed E-state index contributed by atoms with van der Waals surface area (Å²) in [6.07, 6.45) is 2.49. The Hall–Kier alpha value is -2.27. The minimum absolute atomic E-state index is 0.0460. The van der Waals surface area contributed by atoms with E-state index in [0.717, 1.165) is 0 Å². The van der Waals surface area contributed by atoms with Crippen LogP contribution in [0.15, 0.2) is 15.1 Å². The van der Waals surface area contributed by atoms with Crippen molar-refractivity contribution in [3.8, 4) is 0 Å². The largest absolute Gasteiger partial charge is 0.361 e. The maximum absolute atomic E-state index is 12.3. The van der Waals surface area contributed by atoms with Crippen LogP contribution in [0.5, 0.6) is 0 Å². The summed E-state index contributed by atoms with van der Waals surface area (Å²) < 4.78 is 34.7. The van der Waals surface area contributed by atoms with Crippen LogP contribution in [-0.2, 0) is 16.6 Å². The zero-order chi connectivity index (χ0) is 18.9. The van der Waals surface area contributed by atoms with Gasteiger partial charge in [0, 0.05) is 32.1 Å². The second-order valence-corrected chi connectivity index (χ2v) is 8.45. The third kappa shape index (κ3) is 4.10. The van der Waals surface area contributed by atoms with E-state index >= 15 is 0 Å². The van der Waals surface area contributed by atoms with E-state index in [0.29, 0.717) is 43.4 Å². The number of aromatic nitrogens is 3. The lowest BCUT2D eigenvalue weighted by atomic mass is 9.98. The summed E-state index contributed by atoms with van der Waals surface area (Å²) in [6.45, 7) is 2.75. The summed E-state index contributed by atoms with van der Waals surface area (Å²) in [5, 5.41) is 7.69. The molecule has 0 N–H and O–H groups in total. The van der Waals surface area contributed by atoms with Crippen LogP contribution >= 0.6 is 0 Å². The molecule has 0 bridgehead atoms. The van der Waals surface area contributed by atoms with Crippen molar-refractivity contribution < 1.29 is 22.3 Å². The van der Waals surface area contributed by atoms with Gasteiger partial charge < -0.3 is 13.9 Å². The van der Waals surface area contributed by atoms with E-state index in [4.69, 9.17) is 9.05 Å². The summed E-state index contributed by atoms with van der Waals surface area (Å²) in [6, 6.07) is 1.56. The number of piperidine rings is 1. The zero-order valence-corrected chi connectivity index (χ0v) is 15.7. The molecule has 142 valence electrons. The Morgan fingerprint density at radius 1 is 1.31 bits per heavy atom. The van der Waals surface area contributed by atoms with Crippen molar-refractivity contribution in [3.63, 3.8) is 0 Å². The van der Waals surface area contributed by atoms with Crippen LogP contribution in [0, 0.1) is 6.92 Å². The highest BCUT2D eigenvalue weighted by atomic mass is 32.2. The normalized spacial score (nSPS) is 16.7.